The van der Waals surface area contributed by atoms with Gasteiger partial charge in [-0.2, -0.15) is 0 Å². The van der Waals surface area contributed by atoms with E-state index in [9.17, 15) is 13.2 Å². The summed E-state index contributed by atoms with van der Waals surface area (Å²) in [4.78, 5) is 13.1. The monoisotopic (exact) mass is 460 g/mol. The predicted octanol–water partition coefficient (Wildman–Crippen LogP) is 5.07. The Morgan fingerprint density at radius 3 is 2.24 bits per heavy atom. The molecule has 0 unspecified atom stereocenters. The van der Waals surface area contributed by atoms with Crippen molar-refractivity contribution in [3.8, 4) is 5.75 Å². The van der Waals surface area contributed by atoms with Crippen LogP contribution in [0.3, 0.4) is 0 Å². The zero-order valence-electron chi connectivity index (χ0n) is 18.1. The molecule has 0 spiro atoms. The molecule has 0 heterocycles. The van der Waals surface area contributed by atoms with Gasteiger partial charge in [0.05, 0.1) is 17.2 Å². The van der Waals surface area contributed by atoms with E-state index in [4.69, 9.17) is 4.74 Å². The average molecular weight is 461 g/mol. The molecule has 0 aliphatic carbocycles. The molecule has 4 aromatic carbocycles. The second-order valence-corrected chi connectivity index (χ2v) is 9.16. The van der Waals surface area contributed by atoms with Crippen molar-refractivity contribution in [1.82, 2.24) is 0 Å². The molecule has 0 fully saturated rings. The summed E-state index contributed by atoms with van der Waals surface area (Å²) in [5.41, 5.74) is 0.964. The van der Waals surface area contributed by atoms with Gasteiger partial charge in [-0.1, -0.05) is 54.6 Å². The Morgan fingerprint density at radius 2 is 1.52 bits per heavy atom. The fraction of sp³-hybridized carbons (Fsp3) is 0.115. The van der Waals surface area contributed by atoms with Gasteiger partial charge in [0.2, 0.25) is 5.91 Å². The highest BCUT2D eigenvalue weighted by molar-refractivity contribution is 7.93. The van der Waals surface area contributed by atoms with Gasteiger partial charge in [-0.05, 0) is 54.8 Å². The van der Waals surface area contributed by atoms with E-state index in [1.54, 1.807) is 78.9 Å². The van der Waals surface area contributed by atoms with Gasteiger partial charge in [-0.15, -0.1) is 0 Å². The highest BCUT2D eigenvalue weighted by Gasteiger charge is 2.28. The lowest BCUT2D eigenvalue weighted by Gasteiger charge is -2.24. The molecule has 0 saturated carbocycles. The summed E-state index contributed by atoms with van der Waals surface area (Å²) in [6, 6.07) is 28.0. The summed E-state index contributed by atoms with van der Waals surface area (Å²) >= 11 is 0. The minimum absolute atomic E-state index is 0.151. The summed E-state index contributed by atoms with van der Waals surface area (Å²) in [5.74, 6) is 0.242. The fourth-order valence-electron chi connectivity index (χ4n) is 3.58. The zero-order valence-corrected chi connectivity index (χ0v) is 19.0. The Balaban J connectivity index is 1.66. The lowest BCUT2D eigenvalue weighted by molar-refractivity contribution is -0.114. The third-order valence-electron chi connectivity index (χ3n) is 5.10. The number of nitrogens with one attached hydrogen (secondary N) is 1. The molecule has 4 aromatic rings. The molecule has 4 rings (SSSR count). The molecule has 168 valence electrons. The number of carbonyl (C=O) groups is 1. The number of ether oxygens (including phenoxy) is 1. The van der Waals surface area contributed by atoms with Gasteiger partial charge in [0.25, 0.3) is 10.0 Å². The number of anilines is 2. The van der Waals surface area contributed by atoms with Gasteiger partial charge in [-0.25, -0.2) is 8.42 Å². The van der Waals surface area contributed by atoms with Crippen molar-refractivity contribution in [2.45, 2.75) is 11.8 Å². The number of benzene rings is 4. The van der Waals surface area contributed by atoms with Crippen LogP contribution in [0.4, 0.5) is 11.4 Å². The number of amides is 1. The first-order valence-electron chi connectivity index (χ1n) is 10.6. The Bertz CT molecular complexity index is 1350. The molecular weight excluding hydrogens is 436 g/mol. The van der Waals surface area contributed by atoms with Crippen molar-refractivity contribution in [2.24, 2.45) is 0 Å². The van der Waals surface area contributed by atoms with Gasteiger partial charge in [-0.3, -0.25) is 9.10 Å². The number of rotatable bonds is 8. The Hall–Kier alpha value is -3.84. The second kappa shape index (κ2) is 9.75. The van der Waals surface area contributed by atoms with Crippen LogP contribution in [0.5, 0.6) is 5.75 Å². The van der Waals surface area contributed by atoms with Crippen LogP contribution in [0.1, 0.15) is 6.92 Å². The summed E-state index contributed by atoms with van der Waals surface area (Å²) in [5, 5.41) is 4.19. The molecule has 0 bridgehead atoms. The molecule has 0 aliphatic rings. The Kier molecular flexibility index (Phi) is 6.60. The maximum absolute atomic E-state index is 13.8. The van der Waals surface area contributed by atoms with E-state index in [1.165, 1.54) is 0 Å². The van der Waals surface area contributed by atoms with Crippen molar-refractivity contribution in [1.29, 1.82) is 0 Å². The van der Waals surface area contributed by atoms with E-state index in [0.29, 0.717) is 29.1 Å². The molecule has 6 nitrogen and oxygen atoms in total. The molecule has 7 heteroatoms. The molecule has 0 aliphatic heterocycles. The van der Waals surface area contributed by atoms with Gasteiger partial charge in [0.15, 0.2) is 0 Å². The summed E-state index contributed by atoms with van der Waals surface area (Å²) in [6.45, 7) is 2.07. The van der Waals surface area contributed by atoms with Crippen molar-refractivity contribution >= 4 is 38.1 Å². The molecule has 33 heavy (non-hydrogen) atoms. The van der Waals surface area contributed by atoms with E-state index in [-0.39, 0.29) is 11.4 Å². The topological polar surface area (TPSA) is 75.7 Å². The van der Waals surface area contributed by atoms with Gasteiger partial charge in [0.1, 0.15) is 12.3 Å². The number of para-hydroxylation sites is 1. The summed E-state index contributed by atoms with van der Waals surface area (Å²) in [7, 11) is -4.03. The third-order valence-corrected chi connectivity index (χ3v) is 6.93. The summed E-state index contributed by atoms with van der Waals surface area (Å²) in [6.07, 6.45) is 0. The van der Waals surface area contributed by atoms with Crippen LogP contribution in [0.2, 0.25) is 0 Å². The summed E-state index contributed by atoms with van der Waals surface area (Å²) < 4.78 is 34.1. The van der Waals surface area contributed by atoms with Crippen LogP contribution in [-0.4, -0.2) is 27.5 Å². The van der Waals surface area contributed by atoms with Gasteiger partial charge in [0, 0.05) is 11.1 Å². The molecule has 1 amide bonds. The normalized spacial score (nSPS) is 11.2. The first kappa shape index (κ1) is 22.4. The number of hydrogen-bond acceptors (Lipinski definition) is 4. The molecule has 0 aromatic heterocycles. The molecule has 0 atom stereocenters. The van der Waals surface area contributed by atoms with Crippen molar-refractivity contribution in [3.05, 3.63) is 97.1 Å². The smallest absolute Gasteiger partial charge is 0.265 e. The molecule has 0 saturated heterocycles. The van der Waals surface area contributed by atoms with Crippen LogP contribution in [0, 0.1) is 0 Å². The average Bonchev–Trinajstić information content (AvgIpc) is 2.84. The van der Waals surface area contributed by atoms with E-state index in [0.717, 1.165) is 9.69 Å². The van der Waals surface area contributed by atoms with Crippen LogP contribution >= 0.6 is 0 Å². The SMILES string of the molecule is CCOc1ccc(NC(=O)CN(c2ccccc2)S(=O)(=O)c2cccc3ccccc23)cc1. The zero-order chi connectivity index (χ0) is 23.3. The van der Waals surface area contributed by atoms with Crippen molar-refractivity contribution in [2.75, 3.05) is 22.8 Å². The predicted molar refractivity (Wildman–Crippen MR) is 131 cm³/mol. The van der Waals surface area contributed by atoms with Crippen molar-refractivity contribution < 1.29 is 17.9 Å². The second-order valence-electron chi connectivity index (χ2n) is 7.33. The number of fused-ring (bicyclic) bond motifs is 1. The molecule has 1 N–H and O–H groups in total. The van der Waals surface area contributed by atoms with Gasteiger partial charge >= 0.3 is 0 Å². The third kappa shape index (κ3) is 4.99. The standard InChI is InChI=1S/C26H24N2O4S/c1-2-32-23-17-15-21(16-18-23)27-26(29)19-28(22-11-4-3-5-12-22)33(30,31)25-14-8-10-20-9-6-7-13-24(20)25/h3-18H,2,19H2,1H3,(H,27,29). The lowest BCUT2D eigenvalue weighted by atomic mass is 10.1. The van der Waals surface area contributed by atoms with Crippen LogP contribution < -0.4 is 14.4 Å². The molecule has 0 radical (unpaired) electrons. The maximum atomic E-state index is 13.8. The number of carbonyl (C=O) groups excluding carboxylic acids is 1. The number of hydrogen-bond donors (Lipinski definition) is 1. The fourth-order valence-corrected chi connectivity index (χ4v) is 5.22. The molecular formula is C26H24N2O4S. The maximum Gasteiger partial charge on any atom is 0.265 e. The highest BCUT2D eigenvalue weighted by atomic mass is 32.2. The van der Waals surface area contributed by atoms with E-state index in [1.807, 2.05) is 25.1 Å². The minimum atomic E-state index is -4.03. The van der Waals surface area contributed by atoms with Crippen LogP contribution in [0.15, 0.2) is 102 Å². The quantitative estimate of drug-likeness (QED) is 0.398. The lowest BCUT2D eigenvalue weighted by Crippen LogP contribution is -2.38. The Morgan fingerprint density at radius 1 is 0.848 bits per heavy atom. The van der Waals surface area contributed by atoms with E-state index in [2.05, 4.69) is 5.32 Å². The van der Waals surface area contributed by atoms with Crippen molar-refractivity contribution in [3.63, 3.8) is 0 Å². The van der Waals surface area contributed by atoms with Gasteiger partial charge < -0.3 is 10.1 Å². The minimum Gasteiger partial charge on any atom is -0.494 e. The first-order valence-corrected chi connectivity index (χ1v) is 12.0. The Labute approximate surface area is 193 Å². The van der Waals surface area contributed by atoms with E-state index < -0.39 is 15.9 Å². The van der Waals surface area contributed by atoms with E-state index >= 15 is 0 Å². The highest BCUT2D eigenvalue weighted by Crippen LogP contribution is 2.29. The van der Waals surface area contributed by atoms with Crippen LogP contribution in [-0.2, 0) is 14.8 Å². The van der Waals surface area contributed by atoms with Crippen LogP contribution in [0.25, 0.3) is 10.8 Å². The number of sulfonamides is 1. The first-order chi connectivity index (χ1) is 16.0. The number of nitrogens with zero attached hydrogens (tertiary/aromatic N) is 1. The largest absolute Gasteiger partial charge is 0.494 e.